The molecule has 0 aliphatic heterocycles. The molecule has 0 atom stereocenters. The van der Waals surface area contributed by atoms with Gasteiger partial charge in [0, 0.05) is 17.6 Å². The van der Waals surface area contributed by atoms with Gasteiger partial charge in [0.25, 0.3) is 5.91 Å². The monoisotopic (exact) mass is 339 g/mol. The van der Waals surface area contributed by atoms with Gasteiger partial charge in [0.15, 0.2) is 0 Å². The van der Waals surface area contributed by atoms with Crippen LogP contribution in [0.4, 0.5) is 0 Å². The Morgan fingerprint density at radius 1 is 1.33 bits per heavy atom. The highest BCUT2D eigenvalue weighted by atomic mass is 32.1. The third kappa shape index (κ3) is 3.57. The minimum atomic E-state index is -0.0659. The molecule has 0 bridgehead atoms. The van der Waals surface area contributed by atoms with E-state index in [2.05, 4.69) is 47.8 Å². The summed E-state index contributed by atoms with van der Waals surface area (Å²) < 4.78 is 3.23. The zero-order chi connectivity index (χ0) is 17.1. The van der Waals surface area contributed by atoms with Gasteiger partial charge in [-0.05, 0) is 45.0 Å². The van der Waals surface area contributed by atoms with E-state index < -0.39 is 0 Å². The number of hydrogen-bond acceptors (Lipinski definition) is 3. The Morgan fingerprint density at radius 3 is 2.88 bits per heavy atom. The summed E-state index contributed by atoms with van der Waals surface area (Å²) in [6.45, 7) is 7.37. The summed E-state index contributed by atoms with van der Waals surface area (Å²) in [4.78, 5) is 18.2. The Kier molecular flexibility index (Phi) is 4.81. The standard InChI is InChI=1S/C19H21N3OS/c1-13(2)7-9-22-16-10-14(3)24-18(16)11-17(22)19(23)21-12-15-6-4-5-8-20-15/h4-8,10-11H,9,12H2,1-3H3,(H,21,23). The summed E-state index contributed by atoms with van der Waals surface area (Å²) in [5.74, 6) is -0.0659. The molecule has 0 aliphatic rings. The van der Waals surface area contributed by atoms with Gasteiger partial charge in [0.05, 0.1) is 22.5 Å². The second-order valence-electron chi connectivity index (χ2n) is 6.03. The lowest BCUT2D eigenvalue weighted by Crippen LogP contribution is -2.25. The van der Waals surface area contributed by atoms with E-state index in [0.29, 0.717) is 18.8 Å². The summed E-state index contributed by atoms with van der Waals surface area (Å²) in [6.07, 6.45) is 3.87. The van der Waals surface area contributed by atoms with Gasteiger partial charge in [-0.15, -0.1) is 11.3 Å². The molecule has 0 saturated heterocycles. The van der Waals surface area contributed by atoms with Crippen molar-refractivity contribution in [2.24, 2.45) is 0 Å². The molecule has 4 nitrogen and oxygen atoms in total. The Labute approximate surface area is 145 Å². The molecule has 24 heavy (non-hydrogen) atoms. The number of fused-ring (bicyclic) bond motifs is 1. The summed E-state index contributed by atoms with van der Waals surface area (Å²) in [7, 11) is 0. The molecule has 1 N–H and O–H groups in total. The van der Waals surface area contributed by atoms with Crippen molar-refractivity contribution in [3.05, 3.63) is 64.4 Å². The normalized spacial score (nSPS) is 10.8. The van der Waals surface area contributed by atoms with Crippen LogP contribution >= 0.6 is 11.3 Å². The third-order valence-electron chi connectivity index (χ3n) is 3.78. The molecule has 0 radical (unpaired) electrons. The molecule has 124 valence electrons. The topological polar surface area (TPSA) is 46.9 Å². The molecule has 0 aliphatic carbocycles. The van der Waals surface area contributed by atoms with Crippen LogP contribution in [0.15, 0.2) is 48.2 Å². The van der Waals surface area contributed by atoms with Gasteiger partial charge < -0.3 is 9.88 Å². The Balaban J connectivity index is 1.86. The van der Waals surface area contributed by atoms with Gasteiger partial charge in [-0.3, -0.25) is 9.78 Å². The molecule has 0 spiro atoms. The van der Waals surface area contributed by atoms with Crippen LogP contribution in [0.3, 0.4) is 0 Å². The molecule has 0 saturated carbocycles. The van der Waals surface area contributed by atoms with Crippen LogP contribution < -0.4 is 5.32 Å². The van der Waals surface area contributed by atoms with E-state index in [0.717, 1.165) is 15.9 Å². The van der Waals surface area contributed by atoms with E-state index in [9.17, 15) is 4.79 Å². The summed E-state index contributed by atoms with van der Waals surface area (Å²) in [5, 5.41) is 2.97. The van der Waals surface area contributed by atoms with Crippen LogP contribution in [0.1, 0.15) is 34.9 Å². The van der Waals surface area contributed by atoms with Crippen LogP contribution in [0.2, 0.25) is 0 Å². The number of pyridine rings is 1. The van der Waals surface area contributed by atoms with Gasteiger partial charge in [0.1, 0.15) is 5.69 Å². The summed E-state index contributed by atoms with van der Waals surface area (Å²) in [5.41, 5.74) is 3.91. The molecule has 0 aromatic carbocycles. The first-order chi connectivity index (χ1) is 11.5. The average Bonchev–Trinajstić information content (AvgIpc) is 3.07. The molecule has 3 aromatic rings. The SMILES string of the molecule is CC(C)=CCn1c(C(=O)NCc2ccccn2)cc2sc(C)cc21. The maximum absolute atomic E-state index is 12.7. The van der Waals surface area contributed by atoms with Crippen LogP contribution in [0, 0.1) is 6.92 Å². The minimum Gasteiger partial charge on any atom is -0.345 e. The highest BCUT2D eigenvalue weighted by Gasteiger charge is 2.16. The first-order valence-electron chi connectivity index (χ1n) is 7.96. The van der Waals surface area contributed by atoms with Gasteiger partial charge in [-0.1, -0.05) is 17.7 Å². The predicted octanol–water partition coefficient (Wildman–Crippen LogP) is 4.30. The van der Waals surface area contributed by atoms with Gasteiger partial charge in [-0.25, -0.2) is 0 Å². The summed E-state index contributed by atoms with van der Waals surface area (Å²) in [6, 6.07) is 9.83. The molecule has 3 rings (SSSR count). The molecular weight excluding hydrogens is 318 g/mol. The quantitative estimate of drug-likeness (QED) is 0.704. The zero-order valence-corrected chi connectivity index (χ0v) is 15.0. The zero-order valence-electron chi connectivity index (χ0n) is 14.2. The van der Waals surface area contributed by atoms with Crippen LogP contribution in [0.25, 0.3) is 10.2 Å². The number of rotatable bonds is 5. The van der Waals surface area contributed by atoms with E-state index >= 15 is 0 Å². The Morgan fingerprint density at radius 2 is 2.17 bits per heavy atom. The number of carbonyl (C=O) groups excluding carboxylic acids is 1. The molecule has 1 amide bonds. The molecule has 0 fully saturated rings. The second kappa shape index (κ2) is 7.01. The smallest absolute Gasteiger partial charge is 0.268 e. The van der Waals surface area contributed by atoms with Crippen molar-refractivity contribution in [3.63, 3.8) is 0 Å². The van der Waals surface area contributed by atoms with E-state index in [-0.39, 0.29) is 5.91 Å². The number of aryl methyl sites for hydroxylation is 1. The van der Waals surface area contributed by atoms with Crippen LogP contribution in [-0.2, 0) is 13.1 Å². The number of carbonyl (C=O) groups is 1. The second-order valence-corrected chi connectivity index (χ2v) is 7.32. The number of nitrogens with zero attached hydrogens (tertiary/aromatic N) is 2. The van der Waals surface area contributed by atoms with Crippen molar-refractivity contribution in [2.45, 2.75) is 33.9 Å². The fraction of sp³-hybridized carbons (Fsp3) is 0.263. The molecular formula is C19H21N3OS. The highest BCUT2D eigenvalue weighted by Crippen LogP contribution is 2.29. The fourth-order valence-corrected chi connectivity index (χ4v) is 3.55. The lowest BCUT2D eigenvalue weighted by Gasteiger charge is -2.09. The lowest BCUT2D eigenvalue weighted by atomic mass is 10.3. The van der Waals surface area contributed by atoms with Gasteiger partial charge in [-0.2, -0.15) is 0 Å². The maximum atomic E-state index is 12.7. The third-order valence-corrected chi connectivity index (χ3v) is 4.77. The molecule has 5 heteroatoms. The van der Waals surface area contributed by atoms with Gasteiger partial charge >= 0.3 is 0 Å². The number of nitrogens with one attached hydrogen (secondary N) is 1. The molecule has 3 aromatic heterocycles. The first kappa shape index (κ1) is 16.5. The van der Waals surface area contributed by atoms with Crippen molar-refractivity contribution in [3.8, 4) is 0 Å². The van der Waals surface area contributed by atoms with Crippen molar-refractivity contribution in [1.29, 1.82) is 0 Å². The maximum Gasteiger partial charge on any atom is 0.268 e. The van der Waals surface area contributed by atoms with Crippen molar-refractivity contribution in [2.75, 3.05) is 0 Å². The average molecular weight is 339 g/mol. The number of allylic oxidation sites excluding steroid dienone is 2. The summed E-state index contributed by atoms with van der Waals surface area (Å²) >= 11 is 1.72. The molecule has 0 unspecified atom stereocenters. The van der Waals surface area contributed by atoms with Crippen molar-refractivity contribution in [1.82, 2.24) is 14.9 Å². The van der Waals surface area contributed by atoms with E-state index in [1.54, 1.807) is 17.5 Å². The number of hydrogen-bond donors (Lipinski definition) is 1. The Hall–Kier alpha value is -2.40. The number of aromatic nitrogens is 2. The largest absolute Gasteiger partial charge is 0.345 e. The molecule has 3 heterocycles. The van der Waals surface area contributed by atoms with Crippen LogP contribution in [-0.4, -0.2) is 15.5 Å². The minimum absolute atomic E-state index is 0.0659. The van der Waals surface area contributed by atoms with Crippen LogP contribution in [0.5, 0.6) is 0 Å². The number of thiophene rings is 1. The highest BCUT2D eigenvalue weighted by molar-refractivity contribution is 7.19. The van der Waals surface area contributed by atoms with E-state index in [1.807, 2.05) is 24.3 Å². The first-order valence-corrected chi connectivity index (χ1v) is 8.77. The number of amides is 1. The fourth-order valence-electron chi connectivity index (χ4n) is 2.59. The van der Waals surface area contributed by atoms with Crippen molar-refractivity contribution >= 4 is 27.5 Å². The van der Waals surface area contributed by atoms with Gasteiger partial charge in [0.2, 0.25) is 0 Å². The lowest BCUT2D eigenvalue weighted by molar-refractivity contribution is 0.0942. The van der Waals surface area contributed by atoms with E-state index in [1.165, 1.54) is 10.5 Å². The predicted molar refractivity (Wildman–Crippen MR) is 99.4 cm³/mol. The van der Waals surface area contributed by atoms with E-state index in [4.69, 9.17) is 0 Å². The Bertz CT molecular complexity index is 886. The van der Waals surface area contributed by atoms with Crippen molar-refractivity contribution < 1.29 is 4.79 Å².